The Morgan fingerprint density at radius 3 is 1.09 bits per heavy atom. The van der Waals surface area contributed by atoms with Gasteiger partial charge < -0.3 is 34.2 Å². The first-order chi connectivity index (χ1) is 11.3. The van der Waals surface area contributed by atoms with E-state index in [2.05, 4.69) is 13.8 Å². The number of nitrogens with two attached hydrogens (primary N) is 1. The van der Waals surface area contributed by atoms with E-state index in [0.29, 0.717) is 79.2 Å². The number of hydrogen-bond acceptors (Lipinski definition) is 7. The smallest absolute Gasteiger partial charge is 0.0701 e. The van der Waals surface area contributed by atoms with Crippen molar-refractivity contribution in [2.75, 3.05) is 86.3 Å². The van der Waals surface area contributed by atoms with Crippen molar-refractivity contribution in [1.29, 1.82) is 0 Å². The van der Waals surface area contributed by atoms with Crippen molar-refractivity contribution < 1.29 is 29.8 Å². The Bertz CT molecular complexity index is 174. The van der Waals surface area contributed by atoms with E-state index in [1.807, 2.05) is 0 Å². The minimum Gasteiger partial charge on any atom is -0.382 e. The second-order valence-corrected chi connectivity index (χ2v) is 4.55. The summed E-state index contributed by atoms with van der Waals surface area (Å²) in [7, 11) is 1.65. The Hall–Kier alpha value is -0.280. The molecule has 23 heavy (non-hydrogen) atoms. The fourth-order valence-electron chi connectivity index (χ4n) is 1.21. The molecule has 0 fully saturated rings. The van der Waals surface area contributed by atoms with E-state index < -0.39 is 0 Å². The Labute approximate surface area is 143 Å². The molecule has 0 aliphatic carbocycles. The maximum atomic E-state index is 5.33. The topological polar surface area (TPSA) is 81.4 Å². The first kappa shape index (κ1) is 25.0. The van der Waals surface area contributed by atoms with Crippen molar-refractivity contribution in [2.24, 2.45) is 5.73 Å². The molecule has 0 bridgehead atoms. The van der Waals surface area contributed by atoms with E-state index in [0.717, 1.165) is 0 Å². The Balaban J connectivity index is -0.00000102. The molecule has 144 valence electrons. The third kappa shape index (κ3) is 30.2. The summed E-state index contributed by atoms with van der Waals surface area (Å²) in [5.41, 5.74) is 5.28. The molecule has 0 aliphatic rings. The number of hydrogen-bond donors (Lipinski definition) is 1. The molecule has 0 saturated heterocycles. The minimum atomic E-state index is 0. The second kappa shape index (κ2) is 26.6. The van der Waals surface area contributed by atoms with Crippen LogP contribution >= 0.6 is 0 Å². The van der Waals surface area contributed by atoms with Crippen LogP contribution in [-0.4, -0.2) is 86.3 Å². The summed E-state index contributed by atoms with van der Waals surface area (Å²) >= 11 is 0. The van der Waals surface area contributed by atoms with Crippen LogP contribution in [-0.2, 0) is 28.4 Å². The number of methoxy groups -OCH3 is 1. The van der Waals surface area contributed by atoms with Crippen LogP contribution < -0.4 is 5.73 Å². The SMILES string of the molecule is CCC.COCCOCCOCCOCCOCCOCCN.[HH]. The zero-order valence-corrected chi connectivity index (χ0v) is 15.2. The van der Waals surface area contributed by atoms with Gasteiger partial charge in [0.1, 0.15) is 0 Å². The normalized spacial score (nSPS) is 10.4. The minimum absolute atomic E-state index is 0. The highest BCUT2D eigenvalue weighted by Crippen LogP contribution is 1.83. The van der Waals surface area contributed by atoms with Crippen LogP contribution in [0.1, 0.15) is 21.7 Å². The Kier molecular flexibility index (Phi) is 28.9. The van der Waals surface area contributed by atoms with Crippen LogP contribution in [0.15, 0.2) is 0 Å². The summed E-state index contributed by atoms with van der Waals surface area (Å²) in [4.78, 5) is 0. The zero-order chi connectivity index (χ0) is 17.4. The van der Waals surface area contributed by atoms with Crippen molar-refractivity contribution in [2.45, 2.75) is 20.3 Å². The van der Waals surface area contributed by atoms with E-state index in [9.17, 15) is 0 Å². The predicted octanol–water partition coefficient (Wildman–Crippen LogP) is 1.34. The molecule has 0 rings (SSSR count). The van der Waals surface area contributed by atoms with Crippen molar-refractivity contribution in [3.8, 4) is 0 Å². The fraction of sp³-hybridized carbons (Fsp3) is 1.00. The van der Waals surface area contributed by atoms with Gasteiger partial charge in [0.25, 0.3) is 0 Å². The van der Waals surface area contributed by atoms with Crippen molar-refractivity contribution >= 4 is 0 Å². The molecule has 0 saturated carbocycles. The second-order valence-electron chi connectivity index (χ2n) is 4.55. The van der Waals surface area contributed by atoms with Gasteiger partial charge in [-0.25, -0.2) is 0 Å². The summed E-state index contributed by atoms with van der Waals surface area (Å²) in [5.74, 6) is 0. The van der Waals surface area contributed by atoms with Crippen LogP contribution in [0, 0.1) is 0 Å². The van der Waals surface area contributed by atoms with Crippen molar-refractivity contribution in [1.82, 2.24) is 0 Å². The van der Waals surface area contributed by atoms with Crippen molar-refractivity contribution in [3.05, 3.63) is 0 Å². The molecule has 0 aromatic heterocycles. The van der Waals surface area contributed by atoms with Gasteiger partial charge in [0, 0.05) is 15.1 Å². The van der Waals surface area contributed by atoms with Gasteiger partial charge in [-0.1, -0.05) is 20.3 Å². The molecule has 0 radical (unpaired) electrons. The lowest BCUT2D eigenvalue weighted by Crippen LogP contribution is -2.15. The molecule has 0 aromatic carbocycles. The van der Waals surface area contributed by atoms with Gasteiger partial charge in [0.05, 0.1) is 72.7 Å². The monoisotopic (exact) mass is 341 g/mol. The van der Waals surface area contributed by atoms with Crippen LogP contribution in [0.5, 0.6) is 0 Å². The molecule has 0 amide bonds. The Morgan fingerprint density at radius 1 is 0.565 bits per heavy atom. The van der Waals surface area contributed by atoms with Gasteiger partial charge >= 0.3 is 0 Å². The summed E-state index contributed by atoms with van der Waals surface area (Å²) in [6.07, 6.45) is 1.25. The molecule has 7 nitrogen and oxygen atoms in total. The molecule has 2 N–H and O–H groups in total. The molecule has 0 unspecified atom stereocenters. The quantitative estimate of drug-likeness (QED) is 0.400. The molecule has 0 aromatic rings. The highest BCUT2D eigenvalue weighted by atomic mass is 16.6. The first-order valence-electron chi connectivity index (χ1n) is 8.41. The zero-order valence-electron chi connectivity index (χ0n) is 15.2. The van der Waals surface area contributed by atoms with Gasteiger partial charge in [0.2, 0.25) is 0 Å². The van der Waals surface area contributed by atoms with Gasteiger partial charge in [0.15, 0.2) is 0 Å². The van der Waals surface area contributed by atoms with Gasteiger partial charge in [-0.3, -0.25) is 0 Å². The third-order valence-corrected chi connectivity index (χ3v) is 2.18. The number of ether oxygens (including phenoxy) is 6. The first-order valence-corrected chi connectivity index (χ1v) is 8.41. The third-order valence-electron chi connectivity index (χ3n) is 2.18. The largest absolute Gasteiger partial charge is 0.382 e. The summed E-state index contributed by atoms with van der Waals surface area (Å²) in [6.45, 7) is 11.1. The lowest BCUT2D eigenvalue weighted by Gasteiger charge is -2.07. The number of rotatable bonds is 17. The van der Waals surface area contributed by atoms with Gasteiger partial charge in [-0.15, -0.1) is 0 Å². The van der Waals surface area contributed by atoms with Crippen LogP contribution in [0.2, 0.25) is 0 Å². The molecular weight excluding hydrogens is 302 g/mol. The summed E-state index contributed by atoms with van der Waals surface area (Å²) in [5, 5.41) is 0. The lowest BCUT2D eigenvalue weighted by molar-refractivity contribution is -0.0142. The van der Waals surface area contributed by atoms with Crippen LogP contribution in [0.3, 0.4) is 0 Å². The summed E-state index contributed by atoms with van der Waals surface area (Å²) in [6, 6.07) is 0. The van der Waals surface area contributed by atoms with E-state index >= 15 is 0 Å². The average Bonchev–Trinajstić information content (AvgIpc) is 2.55. The molecule has 0 spiro atoms. The van der Waals surface area contributed by atoms with Crippen molar-refractivity contribution in [3.63, 3.8) is 0 Å². The molecule has 0 aliphatic heterocycles. The molecule has 0 atom stereocenters. The van der Waals surface area contributed by atoms with Crippen LogP contribution in [0.25, 0.3) is 0 Å². The maximum Gasteiger partial charge on any atom is 0.0701 e. The lowest BCUT2D eigenvalue weighted by atomic mass is 10.6. The average molecular weight is 341 g/mol. The molecule has 0 heterocycles. The predicted molar refractivity (Wildman–Crippen MR) is 93.1 cm³/mol. The fourth-order valence-corrected chi connectivity index (χ4v) is 1.21. The molecular formula is C16H39NO6. The Morgan fingerprint density at radius 2 is 0.826 bits per heavy atom. The van der Waals surface area contributed by atoms with E-state index in [1.165, 1.54) is 6.42 Å². The summed E-state index contributed by atoms with van der Waals surface area (Å²) < 4.78 is 31.2. The van der Waals surface area contributed by atoms with Crippen LogP contribution in [0.4, 0.5) is 0 Å². The standard InChI is InChI=1S/C13H29NO6.C3H8.H2/c1-15-4-5-17-8-9-19-12-13-20-11-10-18-7-6-16-3-2-14;1-3-2;/h2-14H2,1H3;3H2,1-2H3;1H. The van der Waals surface area contributed by atoms with Gasteiger partial charge in [-0.05, 0) is 0 Å². The highest BCUT2D eigenvalue weighted by Gasteiger charge is 1.93. The maximum absolute atomic E-state index is 5.33. The van der Waals surface area contributed by atoms with E-state index in [1.54, 1.807) is 7.11 Å². The van der Waals surface area contributed by atoms with E-state index in [4.69, 9.17) is 34.2 Å². The van der Waals surface area contributed by atoms with E-state index in [-0.39, 0.29) is 1.43 Å². The van der Waals surface area contributed by atoms with Gasteiger partial charge in [-0.2, -0.15) is 0 Å². The highest BCUT2D eigenvalue weighted by molar-refractivity contribution is 4.36. The molecule has 7 heteroatoms.